The minimum absolute atomic E-state index is 0.141. The standard InChI is InChI=1S/C7H12O2.HNO2/c1-3-5-7(8)9-6-4-2;2-1-3/h4H,2-3,5-6H2,1H3;(H,2,3). The average Bonchev–Trinajstić information content (AvgIpc) is 2.03. The van der Waals surface area contributed by atoms with Crippen LogP contribution in [0.1, 0.15) is 19.8 Å². The molecule has 0 aliphatic carbocycles. The van der Waals surface area contributed by atoms with Crippen molar-refractivity contribution < 1.29 is 14.7 Å². The van der Waals surface area contributed by atoms with Gasteiger partial charge < -0.3 is 9.94 Å². The van der Waals surface area contributed by atoms with Crippen molar-refractivity contribution in [1.29, 1.82) is 0 Å². The fourth-order valence-corrected chi connectivity index (χ4v) is 0.428. The molecular weight excluding hydrogens is 162 g/mol. The second-order valence-corrected chi connectivity index (χ2v) is 1.80. The molecule has 0 aromatic heterocycles. The van der Waals surface area contributed by atoms with Gasteiger partial charge in [-0.15, -0.1) is 4.91 Å². The number of rotatable bonds is 4. The van der Waals surface area contributed by atoms with Crippen LogP contribution in [-0.2, 0) is 9.53 Å². The van der Waals surface area contributed by atoms with Gasteiger partial charge in [0.15, 0.2) is 5.34 Å². The van der Waals surface area contributed by atoms with Crippen LogP contribution in [0.5, 0.6) is 0 Å². The van der Waals surface area contributed by atoms with Crippen LogP contribution in [0.15, 0.2) is 18.0 Å². The Morgan fingerprint density at radius 3 is 2.58 bits per heavy atom. The van der Waals surface area contributed by atoms with E-state index in [0.29, 0.717) is 13.0 Å². The zero-order valence-corrected chi connectivity index (χ0v) is 7.02. The third-order valence-corrected chi connectivity index (χ3v) is 0.816. The second-order valence-electron chi connectivity index (χ2n) is 1.80. The third-order valence-electron chi connectivity index (χ3n) is 0.816. The lowest BCUT2D eigenvalue weighted by Gasteiger charge is -1.97. The van der Waals surface area contributed by atoms with Crippen LogP contribution in [0.3, 0.4) is 0 Å². The van der Waals surface area contributed by atoms with E-state index in [-0.39, 0.29) is 5.97 Å². The summed E-state index contributed by atoms with van der Waals surface area (Å²) in [5.41, 5.74) is 0. The minimum atomic E-state index is -0.141. The minimum Gasteiger partial charge on any atom is -0.461 e. The van der Waals surface area contributed by atoms with E-state index in [1.54, 1.807) is 6.08 Å². The van der Waals surface area contributed by atoms with Gasteiger partial charge in [0.25, 0.3) is 0 Å². The highest BCUT2D eigenvalue weighted by Gasteiger charge is 1.96. The van der Waals surface area contributed by atoms with E-state index in [1.165, 1.54) is 5.34 Å². The predicted molar refractivity (Wildman–Crippen MR) is 43.6 cm³/mol. The molecule has 12 heavy (non-hydrogen) atoms. The Balaban J connectivity index is 0. The molecule has 0 heterocycles. The van der Waals surface area contributed by atoms with Gasteiger partial charge in [-0.05, 0) is 6.42 Å². The van der Waals surface area contributed by atoms with E-state index >= 15 is 0 Å². The number of hydrogen-bond acceptors (Lipinski definition) is 4. The lowest BCUT2D eigenvalue weighted by molar-refractivity contribution is -0.142. The lowest BCUT2D eigenvalue weighted by atomic mass is 10.3. The Bertz CT molecular complexity index is 135. The van der Waals surface area contributed by atoms with Gasteiger partial charge in [-0.3, -0.25) is 4.79 Å². The van der Waals surface area contributed by atoms with Crippen LogP contribution in [0, 0.1) is 4.91 Å². The largest absolute Gasteiger partial charge is 0.461 e. The molecule has 0 saturated carbocycles. The van der Waals surface area contributed by atoms with Crippen molar-refractivity contribution in [2.24, 2.45) is 5.34 Å². The normalized spacial score (nSPS) is 7.42. The first-order chi connectivity index (χ1) is 5.72. The van der Waals surface area contributed by atoms with E-state index in [0.717, 1.165) is 6.42 Å². The molecule has 0 aliphatic rings. The number of nitrogens with zero attached hydrogens (tertiary/aromatic N) is 1. The van der Waals surface area contributed by atoms with Crippen molar-refractivity contribution in [3.8, 4) is 0 Å². The Kier molecular flexibility index (Phi) is 13.5. The van der Waals surface area contributed by atoms with Gasteiger partial charge in [-0.25, -0.2) is 0 Å². The number of ether oxygens (including phenoxy) is 1. The quantitative estimate of drug-likeness (QED) is 0.305. The molecule has 0 spiro atoms. The van der Waals surface area contributed by atoms with Gasteiger partial charge in [-0.1, -0.05) is 19.6 Å². The number of hydrogen-bond donors (Lipinski definition) is 1. The molecular formula is C7H13NO4. The highest BCUT2D eigenvalue weighted by atomic mass is 16.6. The van der Waals surface area contributed by atoms with Crippen molar-refractivity contribution in [2.45, 2.75) is 19.8 Å². The number of carbonyl (C=O) groups is 1. The van der Waals surface area contributed by atoms with Crippen molar-refractivity contribution in [3.05, 3.63) is 17.6 Å². The fourth-order valence-electron chi connectivity index (χ4n) is 0.428. The van der Waals surface area contributed by atoms with Crippen LogP contribution >= 0.6 is 0 Å². The molecule has 70 valence electrons. The highest BCUT2D eigenvalue weighted by molar-refractivity contribution is 5.69. The van der Waals surface area contributed by atoms with Crippen LogP contribution in [0.2, 0.25) is 0 Å². The molecule has 0 fully saturated rings. The van der Waals surface area contributed by atoms with Gasteiger partial charge >= 0.3 is 5.97 Å². The summed E-state index contributed by atoms with van der Waals surface area (Å²) >= 11 is 0. The molecule has 5 nitrogen and oxygen atoms in total. The SMILES string of the molecule is C=CCOC(=O)CCC.O=NO. The Hall–Kier alpha value is -1.39. The first-order valence-corrected chi connectivity index (χ1v) is 3.46. The molecule has 0 amide bonds. The molecule has 0 aromatic carbocycles. The van der Waals surface area contributed by atoms with E-state index < -0.39 is 0 Å². The monoisotopic (exact) mass is 175 g/mol. The van der Waals surface area contributed by atoms with Gasteiger partial charge in [0.2, 0.25) is 0 Å². The smallest absolute Gasteiger partial charge is 0.306 e. The molecule has 0 aromatic rings. The van der Waals surface area contributed by atoms with Gasteiger partial charge in [0.05, 0.1) is 0 Å². The van der Waals surface area contributed by atoms with Crippen LogP contribution in [-0.4, -0.2) is 17.8 Å². The Morgan fingerprint density at radius 1 is 1.75 bits per heavy atom. The maximum atomic E-state index is 10.5. The van der Waals surface area contributed by atoms with Crippen LogP contribution in [0.25, 0.3) is 0 Å². The topological polar surface area (TPSA) is 76.0 Å². The summed E-state index contributed by atoms with van der Waals surface area (Å²) in [6.45, 7) is 5.69. The summed E-state index contributed by atoms with van der Waals surface area (Å²) in [5.74, 6) is -0.141. The van der Waals surface area contributed by atoms with Crippen molar-refractivity contribution in [2.75, 3.05) is 6.61 Å². The summed E-state index contributed by atoms with van der Waals surface area (Å²) in [6.07, 6.45) is 2.91. The van der Waals surface area contributed by atoms with Crippen molar-refractivity contribution >= 4 is 5.97 Å². The second kappa shape index (κ2) is 12.3. The van der Waals surface area contributed by atoms with Crippen molar-refractivity contribution in [1.82, 2.24) is 0 Å². The summed E-state index contributed by atoms with van der Waals surface area (Å²) in [4.78, 5) is 18.6. The molecule has 1 N–H and O–H groups in total. The van der Waals surface area contributed by atoms with Crippen molar-refractivity contribution in [3.63, 3.8) is 0 Å². The van der Waals surface area contributed by atoms with E-state index in [4.69, 9.17) is 10.1 Å². The molecule has 0 rings (SSSR count). The van der Waals surface area contributed by atoms with E-state index in [9.17, 15) is 4.79 Å². The highest BCUT2D eigenvalue weighted by Crippen LogP contribution is 1.89. The molecule has 5 heteroatoms. The molecule has 0 saturated heterocycles. The Labute approximate surface area is 71.0 Å². The molecule has 0 atom stereocenters. The van der Waals surface area contributed by atoms with Crippen LogP contribution in [0.4, 0.5) is 0 Å². The summed E-state index contributed by atoms with van der Waals surface area (Å²) in [5, 5.41) is 7.89. The van der Waals surface area contributed by atoms with Gasteiger partial charge in [0, 0.05) is 6.42 Å². The number of esters is 1. The summed E-state index contributed by atoms with van der Waals surface area (Å²) < 4.78 is 4.67. The Morgan fingerprint density at radius 2 is 2.25 bits per heavy atom. The zero-order chi connectivity index (χ0) is 9.82. The summed E-state index contributed by atoms with van der Waals surface area (Å²) in [7, 11) is 0. The molecule has 0 radical (unpaired) electrons. The zero-order valence-electron chi connectivity index (χ0n) is 7.02. The maximum absolute atomic E-state index is 10.5. The van der Waals surface area contributed by atoms with Gasteiger partial charge in [0.1, 0.15) is 6.61 Å². The number of carbonyl (C=O) groups excluding carboxylic acids is 1. The molecule has 0 bridgehead atoms. The lowest BCUT2D eigenvalue weighted by Crippen LogP contribution is -2.02. The first kappa shape index (κ1) is 13.2. The van der Waals surface area contributed by atoms with E-state index in [2.05, 4.69) is 11.3 Å². The van der Waals surface area contributed by atoms with E-state index in [1.807, 2.05) is 6.92 Å². The average molecular weight is 175 g/mol. The molecule has 0 unspecified atom stereocenters. The van der Waals surface area contributed by atoms with Crippen LogP contribution < -0.4 is 0 Å². The fraction of sp³-hybridized carbons (Fsp3) is 0.571. The molecule has 0 aliphatic heterocycles. The first-order valence-electron chi connectivity index (χ1n) is 3.46. The summed E-state index contributed by atoms with van der Waals surface area (Å²) in [6, 6.07) is 0. The van der Waals surface area contributed by atoms with Gasteiger partial charge in [-0.2, -0.15) is 0 Å². The predicted octanol–water partition coefficient (Wildman–Crippen LogP) is 1.66. The maximum Gasteiger partial charge on any atom is 0.306 e. The third kappa shape index (κ3) is 15.8.